The number of likely N-dealkylation sites (N-methyl/N-ethyl adjacent to an activating group) is 1. The summed E-state index contributed by atoms with van der Waals surface area (Å²) in [5, 5.41) is 10.8. The Morgan fingerprint density at radius 2 is 2.05 bits per heavy atom. The fraction of sp³-hybridized carbons (Fsp3) is 0.312. The average Bonchev–Trinajstić information content (AvgIpc) is 3.00. The smallest absolute Gasteiger partial charge is 0.119 e. The molecule has 0 radical (unpaired) electrons. The van der Waals surface area contributed by atoms with Crippen LogP contribution in [0.5, 0.6) is 5.75 Å². The minimum absolute atomic E-state index is 0.658. The molecule has 0 amide bonds. The largest absolute Gasteiger partial charge is 0.492 e. The van der Waals surface area contributed by atoms with Gasteiger partial charge < -0.3 is 4.74 Å². The van der Waals surface area contributed by atoms with E-state index >= 15 is 0 Å². The lowest BCUT2D eigenvalue weighted by Crippen LogP contribution is -2.27. The first-order valence-electron chi connectivity index (χ1n) is 6.69. The second kappa shape index (κ2) is 7.68. The number of ether oxygens (including phenoxy) is 1. The topological polar surface area (TPSA) is 36.3 Å². The van der Waals surface area contributed by atoms with E-state index in [0.29, 0.717) is 12.2 Å². The molecular weight excluding hydrogens is 268 g/mol. The number of hydrogen-bond acceptors (Lipinski definition) is 4. The number of nitriles is 1. The Morgan fingerprint density at radius 1 is 1.25 bits per heavy atom. The summed E-state index contributed by atoms with van der Waals surface area (Å²) in [6.45, 7) is 5.70. The van der Waals surface area contributed by atoms with E-state index in [4.69, 9.17) is 10.00 Å². The summed E-state index contributed by atoms with van der Waals surface area (Å²) in [5.74, 6) is 0.816. The molecule has 0 aliphatic rings. The van der Waals surface area contributed by atoms with Crippen LogP contribution in [0, 0.1) is 11.3 Å². The highest BCUT2D eigenvalue weighted by atomic mass is 32.1. The van der Waals surface area contributed by atoms with E-state index in [0.717, 1.165) is 25.4 Å². The Kier molecular flexibility index (Phi) is 5.60. The van der Waals surface area contributed by atoms with Crippen molar-refractivity contribution in [1.82, 2.24) is 4.90 Å². The van der Waals surface area contributed by atoms with Gasteiger partial charge in [-0.15, -0.1) is 11.3 Å². The summed E-state index contributed by atoms with van der Waals surface area (Å²) in [5.41, 5.74) is 0.658. The van der Waals surface area contributed by atoms with Crippen LogP contribution in [0.1, 0.15) is 17.4 Å². The molecule has 0 fully saturated rings. The van der Waals surface area contributed by atoms with Crippen molar-refractivity contribution in [2.45, 2.75) is 13.5 Å². The quantitative estimate of drug-likeness (QED) is 0.781. The Morgan fingerprint density at radius 3 is 2.65 bits per heavy atom. The average molecular weight is 286 g/mol. The molecule has 104 valence electrons. The van der Waals surface area contributed by atoms with Crippen molar-refractivity contribution in [1.29, 1.82) is 5.26 Å². The Labute approximate surface area is 124 Å². The molecule has 0 unspecified atom stereocenters. The first-order valence-corrected chi connectivity index (χ1v) is 7.57. The highest BCUT2D eigenvalue weighted by Gasteiger charge is 2.04. The molecule has 0 atom stereocenters. The molecule has 0 aliphatic carbocycles. The van der Waals surface area contributed by atoms with Crippen LogP contribution in [0.3, 0.4) is 0 Å². The Bertz CT molecular complexity index is 543. The molecule has 2 rings (SSSR count). The zero-order chi connectivity index (χ0) is 14.2. The second-order valence-electron chi connectivity index (χ2n) is 4.43. The van der Waals surface area contributed by atoms with Crippen molar-refractivity contribution in [2.24, 2.45) is 0 Å². The lowest BCUT2D eigenvalue weighted by molar-refractivity contribution is 0.211. The predicted molar refractivity (Wildman–Crippen MR) is 81.9 cm³/mol. The van der Waals surface area contributed by atoms with Crippen LogP contribution in [0.25, 0.3) is 0 Å². The van der Waals surface area contributed by atoms with E-state index < -0.39 is 0 Å². The molecule has 1 aromatic carbocycles. The third-order valence-corrected chi connectivity index (χ3v) is 3.93. The van der Waals surface area contributed by atoms with Crippen LogP contribution in [-0.2, 0) is 6.54 Å². The van der Waals surface area contributed by atoms with E-state index in [1.54, 1.807) is 23.5 Å². The van der Waals surface area contributed by atoms with E-state index in [9.17, 15) is 0 Å². The Hall–Kier alpha value is -1.83. The van der Waals surface area contributed by atoms with E-state index in [2.05, 4.69) is 35.4 Å². The normalized spacial score (nSPS) is 10.4. The van der Waals surface area contributed by atoms with Gasteiger partial charge in [0, 0.05) is 18.0 Å². The monoisotopic (exact) mass is 286 g/mol. The van der Waals surface area contributed by atoms with Crippen molar-refractivity contribution in [2.75, 3.05) is 19.7 Å². The highest BCUT2D eigenvalue weighted by molar-refractivity contribution is 7.09. The van der Waals surface area contributed by atoms with Gasteiger partial charge in [0.15, 0.2) is 0 Å². The number of rotatable bonds is 7. The van der Waals surface area contributed by atoms with Crippen molar-refractivity contribution in [3.05, 3.63) is 52.2 Å². The van der Waals surface area contributed by atoms with Gasteiger partial charge in [-0.3, -0.25) is 4.90 Å². The summed E-state index contributed by atoms with van der Waals surface area (Å²) in [4.78, 5) is 3.74. The fourth-order valence-corrected chi connectivity index (χ4v) is 2.64. The van der Waals surface area contributed by atoms with Crippen LogP contribution in [-0.4, -0.2) is 24.6 Å². The minimum Gasteiger partial charge on any atom is -0.492 e. The first-order chi connectivity index (χ1) is 9.81. The lowest BCUT2D eigenvalue weighted by atomic mass is 10.2. The third kappa shape index (κ3) is 4.37. The predicted octanol–water partition coefficient (Wildman–Crippen LogP) is 3.52. The molecule has 0 N–H and O–H groups in total. The summed E-state index contributed by atoms with van der Waals surface area (Å²) < 4.78 is 5.71. The molecule has 0 saturated heterocycles. The standard InChI is InChI=1S/C16H18N2OS/c1-2-18(13-16-4-3-11-20-16)9-10-19-15-7-5-14(12-17)6-8-15/h3-8,11H,2,9-10,13H2,1H3. The van der Waals surface area contributed by atoms with Gasteiger partial charge in [-0.25, -0.2) is 0 Å². The molecule has 0 bridgehead atoms. The SMILES string of the molecule is CCN(CCOc1ccc(C#N)cc1)Cc1cccs1. The van der Waals surface area contributed by atoms with Crippen molar-refractivity contribution >= 4 is 11.3 Å². The van der Waals surface area contributed by atoms with Gasteiger partial charge in [-0.05, 0) is 42.3 Å². The summed E-state index contributed by atoms with van der Waals surface area (Å²) in [6, 6.07) is 13.6. The second-order valence-corrected chi connectivity index (χ2v) is 5.47. The summed E-state index contributed by atoms with van der Waals surface area (Å²) >= 11 is 1.79. The van der Waals surface area contributed by atoms with Gasteiger partial charge in [-0.1, -0.05) is 13.0 Å². The first kappa shape index (κ1) is 14.6. The zero-order valence-electron chi connectivity index (χ0n) is 11.6. The van der Waals surface area contributed by atoms with Crippen LogP contribution in [0.2, 0.25) is 0 Å². The zero-order valence-corrected chi connectivity index (χ0v) is 12.4. The molecule has 0 spiro atoms. The summed E-state index contributed by atoms with van der Waals surface area (Å²) in [7, 11) is 0. The van der Waals surface area contributed by atoms with Crippen LogP contribution in [0.15, 0.2) is 41.8 Å². The fourth-order valence-electron chi connectivity index (χ4n) is 1.89. The van der Waals surface area contributed by atoms with Gasteiger partial charge in [0.05, 0.1) is 11.6 Å². The van der Waals surface area contributed by atoms with Gasteiger partial charge >= 0.3 is 0 Å². The molecule has 2 aromatic rings. The number of thiophene rings is 1. The third-order valence-electron chi connectivity index (χ3n) is 3.07. The van der Waals surface area contributed by atoms with Gasteiger partial charge in [0.2, 0.25) is 0 Å². The number of hydrogen-bond donors (Lipinski definition) is 0. The van der Waals surface area contributed by atoms with Crippen LogP contribution < -0.4 is 4.74 Å². The van der Waals surface area contributed by atoms with Gasteiger partial charge in [0.25, 0.3) is 0 Å². The van der Waals surface area contributed by atoms with Crippen molar-refractivity contribution < 1.29 is 4.74 Å². The van der Waals surface area contributed by atoms with Crippen molar-refractivity contribution in [3.63, 3.8) is 0 Å². The molecule has 20 heavy (non-hydrogen) atoms. The molecule has 3 nitrogen and oxygen atoms in total. The van der Waals surface area contributed by atoms with E-state index in [1.165, 1.54) is 4.88 Å². The van der Waals surface area contributed by atoms with Crippen LogP contribution in [0.4, 0.5) is 0 Å². The number of nitrogens with zero attached hydrogens (tertiary/aromatic N) is 2. The summed E-state index contributed by atoms with van der Waals surface area (Å²) in [6.07, 6.45) is 0. The van der Waals surface area contributed by atoms with Gasteiger partial charge in [0.1, 0.15) is 12.4 Å². The van der Waals surface area contributed by atoms with Crippen molar-refractivity contribution in [3.8, 4) is 11.8 Å². The van der Waals surface area contributed by atoms with E-state index in [1.807, 2.05) is 12.1 Å². The molecule has 4 heteroatoms. The molecule has 1 heterocycles. The molecule has 0 aliphatic heterocycles. The maximum absolute atomic E-state index is 8.74. The minimum atomic E-state index is 0.658. The van der Waals surface area contributed by atoms with E-state index in [-0.39, 0.29) is 0 Å². The molecule has 1 aromatic heterocycles. The lowest BCUT2D eigenvalue weighted by Gasteiger charge is -2.19. The van der Waals surface area contributed by atoms with Crippen LogP contribution >= 0.6 is 11.3 Å². The van der Waals surface area contributed by atoms with Gasteiger partial charge in [-0.2, -0.15) is 5.26 Å². The maximum Gasteiger partial charge on any atom is 0.119 e. The molecular formula is C16H18N2OS. The maximum atomic E-state index is 8.74. The highest BCUT2D eigenvalue weighted by Crippen LogP contribution is 2.13. The molecule has 0 saturated carbocycles. The Balaban J connectivity index is 1.77. The number of benzene rings is 1.